The lowest BCUT2D eigenvalue weighted by atomic mass is 10.2. The zero-order chi connectivity index (χ0) is 14.6. The molecule has 20 heavy (non-hydrogen) atoms. The predicted molar refractivity (Wildman–Crippen MR) is 66.2 cm³/mol. The fourth-order valence-electron chi connectivity index (χ4n) is 1.67. The van der Waals surface area contributed by atoms with E-state index in [0.717, 1.165) is 18.7 Å². The van der Waals surface area contributed by atoms with Gasteiger partial charge in [-0.3, -0.25) is 4.79 Å². The zero-order valence-corrected chi connectivity index (χ0v) is 11.1. The first-order valence-corrected chi connectivity index (χ1v) is 6.67. The lowest BCUT2D eigenvalue weighted by molar-refractivity contribution is -0.123. The quantitative estimate of drug-likeness (QED) is 0.743. The van der Waals surface area contributed by atoms with Crippen molar-refractivity contribution in [2.45, 2.75) is 43.9 Å². The van der Waals surface area contributed by atoms with E-state index >= 15 is 0 Å². The second kappa shape index (κ2) is 6.25. The van der Waals surface area contributed by atoms with Crippen LogP contribution in [0.15, 0.2) is 4.52 Å². The van der Waals surface area contributed by atoms with Crippen LogP contribution in [-0.4, -0.2) is 35.1 Å². The molecule has 8 heteroatoms. The number of carbonyl (C=O) groups is 1. The lowest BCUT2D eigenvalue weighted by Crippen LogP contribution is -2.41. The number of carbonyl (C=O) groups excluding carboxylic acids is 1. The highest BCUT2D eigenvalue weighted by molar-refractivity contribution is 5.75. The number of nitrogens with zero attached hydrogens (tertiary/aromatic N) is 2. The van der Waals surface area contributed by atoms with Crippen molar-refractivity contribution < 1.29 is 18.1 Å². The van der Waals surface area contributed by atoms with Crippen LogP contribution < -0.4 is 11.1 Å². The maximum atomic E-state index is 12.8. The first-order chi connectivity index (χ1) is 9.50. The van der Waals surface area contributed by atoms with E-state index in [0.29, 0.717) is 24.7 Å². The Morgan fingerprint density at radius 2 is 2.25 bits per heavy atom. The minimum atomic E-state index is -3.05. The molecule has 1 aliphatic carbocycles. The Morgan fingerprint density at radius 1 is 1.50 bits per heavy atom. The number of rotatable bonds is 8. The molecule has 1 amide bonds. The lowest BCUT2D eigenvalue weighted by Gasteiger charge is -2.14. The molecule has 0 bridgehead atoms. The van der Waals surface area contributed by atoms with Crippen LogP contribution in [0, 0.1) is 0 Å². The van der Waals surface area contributed by atoms with Gasteiger partial charge in [0.2, 0.25) is 11.8 Å². The molecule has 1 fully saturated rings. The number of aryl methyl sites for hydroxylation is 1. The summed E-state index contributed by atoms with van der Waals surface area (Å²) < 4.78 is 30.7. The number of nitrogens with two attached hydrogens (primary N) is 1. The Bertz CT molecular complexity index is 460. The van der Waals surface area contributed by atoms with E-state index in [1.807, 2.05) is 0 Å². The Balaban J connectivity index is 1.63. The number of nitrogens with one attached hydrogen (secondary N) is 1. The first-order valence-electron chi connectivity index (χ1n) is 6.67. The average Bonchev–Trinajstić information content (AvgIpc) is 3.17. The summed E-state index contributed by atoms with van der Waals surface area (Å²) in [4.78, 5) is 15.6. The van der Waals surface area contributed by atoms with Crippen LogP contribution >= 0.6 is 0 Å². The van der Waals surface area contributed by atoms with Crippen LogP contribution in [0.1, 0.15) is 43.3 Å². The summed E-state index contributed by atoms with van der Waals surface area (Å²) in [5.74, 6) is -1.84. The van der Waals surface area contributed by atoms with E-state index in [1.165, 1.54) is 0 Å². The predicted octanol–water partition coefficient (Wildman–Crippen LogP) is 0.980. The molecule has 0 spiro atoms. The molecule has 1 saturated carbocycles. The van der Waals surface area contributed by atoms with Crippen molar-refractivity contribution in [1.82, 2.24) is 15.5 Å². The highest BCUT2D eigenvalue weighted by Crippen LogP contribution is 2.38. The minimum Gasteiger partial charge on any atom is -0.350 e. The molecule has 0 aromatic carbocycles. The van der Waals surface area contributed by atoms with E-state index in [2.05, 4.69) is 15.5 Å². The maximum absolute atomic E-state index is 12.8. The highest BCUT2D eigenvalue weighted by Gasteiger charge is 2.29. The number of halogens is 2. The van der Waals surface area contributed by atoms with Gasteiger partial charge in [-0.2, -0.15) is 4.98 Å². The number of hydrogen-bond donors (Lipinski definition) is 2. The number of hydrogen-bond acceptors (Lipinski definition) is 5. The van der Waals surface area contributed by atoms with Crippen LogP contribution in [-0.2, 0) is 11.2 Å². The third kappa shape index (κ3) is 4.52. The SMILES string of the molecule is NCC(F)(F)CNC(=O)CCCc1nc(C2CC2)no1. The molecular formula is C12H18F2N4O2. The molecule has 112 valence electrons. The van der Waals surface area contributed by atoms with Crippen molar-refractivity contribution in [3.63, 3.8) is 0 Å². The number of amides is 1. The smallest absolute Gasteiger partial charge is 0.277 e. The van der Waals surface area contributed by atoms with Gasteiger partial charge >= 0.3 is 0 Å². The summed E-state index contributed by atoms with van der Waals surface area (Å²) in [7, 11) is 0. The van der Waals surface area contributed by atoms with E-state index < -0.39 is 24.9 Å². The third-order valence-corrected chi connectivity index (χ3v) is 3.06. The summed E-state index contributed by atoms with van der Waals surface area (Å²) in [5.41, 5.74) is 4.87. The van der Waals surface area contributed by atoms with Gasteiger partial charge in [0, 0.05) is 18.8 Å². The van der Waals surface area contributed by atoms with Crippen molar-refractivity contribution in [2.75, 3.05) is 13.1 Å². The molecule has 0 atom stereocenters. The average molecular weight is 288 g/mol. The molecule has 1 aliphatic rings. The Labute approximate surface area is 115 Å². The molecule has 6 nitrogen and oxygen atoms in total. The highest BCUT2D eigenvalue weighted by atomic mass is 19.3. The minimum absolute atomic E-state index is 0.141. The molecule has 2 rings (SSSR count). The molecule has 0 unspecified atom stereocenters. The van der Waals surface area contributed by atoms with E-state index in [1.54, 1.807) is 0 Å². The Hall–Kier alpha value is -1.57. The van der Waals surface area contributed by atoms with E-state index in [4.69, 9.17) is 10.3 Å². The van der Waals surface area contributed by atoms with Crippen molar-refractivity contribution in [2.24, 2.45) is 5.73 Å². The molecule has 3 N–H and O–H groups in total. The van der Waals surface area contributed by atoms with Gasteiger partial charge in [-0.1, -0.05) is 5.16 Å². The van der Waals surface area contributed by atoms with E-state index in [-0.39, 0.29) is 6.42 Å². The molecule has 1 aromatic rings. The summed E-state index contributed by atoms with van der Waals surface area (Å²) in [6.07, 6.45) is 3.28. The first kappa shape index (κ1) is 14.8. The normalized spacial score (nSPS) is 15.3. The zero-order valence-electron chi connectivity index (χ0n) is 11.1. The van der Waals surface area contributed by atoms with Crippen LogP contribution in [0.4, 0.5) is 8.78 Å². The monoisotopic (exact) mass is 288 g/mol. The third-order valence-electron chi connectivity index (χ3n) is 3.06. The summed E-state index contributed by atoms with van der Waals surface area (Å²) in [5, 5.41) is 6.01. The molecular weight excluding hydrogens is 270 g/mol. The Kier molecular flexibility index (Phi) is 4.64. The molecule has 1 aromatic heterocycles. The molecule has 1 heterocycles. The fraction of sp³-hybridized carbons (Fsp3) is 0.750. The fourth-order valence-corrected chi connectivity index (χ4v) is 1.67. The maximum Gasteiger partial charge on any atom is 0.277 e. The van der Waals surface area contributed by atoms with Gasteiger partial charge in [0.05, 0.1) is 13.1 Å². The number of alkyl halides is 2. The summed E-state index contributed by atoms with van der Waals surface area (Å²) in [6.45, 7) is -1.51. The van der Waals surface area contributed by atoms with Gasteiger partial charge < -0.3 is 15.6 Å². The van der Waals surface area contributed by atoms with Gasteiger partial charge in [-0.15, -0.1) is 0 Å². The largest absolute Gasteiger partial charge is 0.350 e. The second-order valence-electron chi connectivity index (χ2n) is 5.01. The van der Waals surface area contributed by atoms with Gasteiger partial charge in [0.15, 0.2) is 5.82 Å². The van der Waals surface area contributed by atoms with Crippen molar-refractivity contribution in [3.8, 4) is 0 Å². The second-order valence-corrected chi connectivity index (χ2v) is 5.01. The van der Waals surface area contributed by atoms with Crippen LogP contribution in [0.3, 0.4) is 0 Å². The van der Waals surface area contributed by atoms with Crippen LogP contribution in [0.25, 0.3) is 0 Å². The molecule has 0 saturated heterocycles. The van der Waals surface area contributed by atoms with Crippen molar-refractivity contribution in [1.29, 1.82) is 0 Å². The van der Waals surface area contributed by atoms with Crippen LogP contribution in [0.2, 0.25) is 0 Å². The summed E-state index contributed by atoms with van der Waals surface area (Å²) >= 11 is 0. The standard InChI is InChI=1S/C12H18F2N4O2/c13-12(14,6-15)7-16-9(19)2-1-3-10-17-11(18-20-10)8-4-5-8/h8H,1-7,15H2,(H,16,19). The van der Waals surface area contributed by atoms with Crippen molar-refractivity contribution in [3.05, 3.63) is 11.7 Å². The molecule has 0 radical (unpaired) electrons. The van der Waals surface area contributed by atoms with Gasteiger partial charge in [0.25, 0.3) is 5.92 Å². The van der Waals surface area contributed by atoms with Gasteiger partial charge in [-0.05, 0) is 19.3 Å². The van der Waals surface area contributed by atoms with Crippen molar-refractivity contribution >= 4 is 5.91 Å². The van der Waals surface area contributed by atoms with E-state index in [9.17, 15) is 13.6 Å². The number of aromatic nitrogens is 2. The summed E-state index contributed by atoms with van der Waals surface area (Å²) in [6, 6.07) is 0. The Morgan fingerprint density at radius 3 is 2.90 bits per heavy atom. The van der Waals surface area contributed by atoms with Gasteiger partial charge in [0.1, 0.15) is 0 Å². The van der Waals surface area contributed by atoms with Crippen LogP contribution in [0.5, 0.6) is 0 Å². The topological polar surface area (TPSA) is 94.0 Å². The molecule has 0 aliphatic heterocycles. The van der Waals surface area contributed by atoms with Gasteiger partial charge in [-0.25, -0.2) is 8.78 Å².